The molecule has 0 saturated heterocycles. The number of rotatable bonds is 0. The van der Waals surface area contributed by atoms with Gasteiger partial charge in [-0.2, -0.15) is 12.5 Å². The van der Waals surface area contributed by atoms with Crippen LogP contribution in [0.1, 0.15) is 5.56 Å². The molecule has 0 atom stereocenters. The fourth-order valence-corrected chi connectivity index (χ4v) is 0.608. The van der Waals surface area contributed by atoms with E-state index in [-0.39, 0.29) is 45.6 Å². The number of hydrogen-bond acceptors (Lipinski definition) is 0. The second kappa shape index (κ2) is 5.72. The van der Waals surface area contributed by atoms with E-state index in [0.717, 1.165) is 12.1 Å². The van der Waals surface area contributed by atoms with E-state index in [9.17, 15) is 13.2 Å². The Kier molecular flexibility index (Phi) is 6.97. The summed E-state index contributed by atoms with van der Waals surface area (Å²) < 4.78 is 36.5. The van der Waals surface area contributed by atoms with Crippen molar-refractivity contribution in [3.63, 3.8) is 0 Å². The minimum atomic E-state index is -1.45. The van der Waals surface area contributed by atoms with Crippen molar-refractivity contribution in [2.24, 2.45) is 0 Å². The van der Waals surface area contributed by atoms with Gasteiger partial charge in [0.25, 0.3) is 0 Å². The van der Waals surface area contributed by atoms with Crippen molar-refractivity contribution in [3.8, 4) is 0 Å². The molecule has 0 heterocycles. The molecule has 0 saturated carbocycles. The molecule has 1 rings (SSSR count). The molecule has 0 nitrogen and oxygen atoms in total. The zero-order valence-corrected chi connectivity index (χ0v) is 9.08. The van der Waals surface area contributed by atoms with Gasteiger partial charge in [-0.1, -0.05) is 0 Å². The van der Waals surface area contributed by atoms with E-state index in [1.165, 1.54) is 0 Å². The molecular formula is C7H4BrF3Mg. The van der Waals surface area contributed by atoms with E-state index < -0.39 is 17.5 Å². The SMILES string of the molecule is [Br-].[CH2-]c1cc(F)c(F)c(F)c1.[Mg+2]. The van der Waals surface area contributed by atoms with Crippen molar-refractivity contribution in [2.45, 2.75) is 0 Å². The second-order valence-corrected chi connectivity index (χ2v) is 1.87. The van der Waals surface area contributed by atoms with Gasteiger partial charge in [-0.05, 0) is 0 Å². The Morgan fingerprint density at radius 2 is 1.33 bits per heavy atom. The molecule has 62 valence electrons. The van der Waals surface area contributed by atoms with Crippen LogP contribution in [0, 0.1) is 24.4 Å². The van der Waals surface area contributed by atoms with Crippen molar-refractivity contribution in [1.82, 2.24) is 0 Å². The molecular weight excluding hydrogens is 245 g/mol. The van der Waals surface area contributed by atoms with Gasteiger partial charge in [0.2, 0.25) is 0 Å². The van der Waals surface area contributed by atoms with Crippen LogP contribution in [0.3, 0.4) is 0 Å². The fourth-order valence-electron chi connectivity index (χ4n) is 0.608. The van der Waals surface area contributed by atoms with Crippen molar-refractivity contribution in [2.75, 3.05) is 0 Å². The van der Waals surface area contributed by atoms with E-state index in [4.69, 9.17) is 0 Å². The Morgan fingerprint density at radius 1 is 1.00 bits per heavy atom. The van der Waals surface area contributed by atoms with Crippen LogP contribution in [0.2, 0.25) is 0 Å². The Hall–Kier alpha value is 0.126. The maximum atomic E-state index is 12.2. The van der Waals surface area contributed by atoms with Gasteiger partial charge in [0, 0.05) is 0 Å². The topological polar surface area (TPSA) is 0 Å². The molecule has 0 fully saturated rings. The summed E-state index contributed by atoms with van der Waals surface area (Å²) in [6.45, 7) is 3.24. The molecule has 5 heteroatoms. The smallest absolute Gasteiger partial charge is 1.00 e. The molecule has 12 heavy (non-hydrogen) atoms. The fraction of sp³-hybridized carbons (Fsp3) is 0. The largest absolute Gasteiger partial charge is 2.00 e. The standard InChI is InChI=1S/C7H4F3.BrH.Mg/c1-4-2-5(8)7(10)6(9)3-4;;/h2-3H,1H2;1H;/q-1;;+2/p-1. The van der Waals surface area contributed by atoms with Crippen LogP contribution in [0.5, 0.6) is 0 Å². The summed E-state index contributed by atoms with van der Waals surface area (Å²) in [4.78, 5) is 0. The van der Waals surface area contributed by atoms with Gasteiger partial charge >= 0.3 is 23.1 Å². The van der Waals surface area contributed by atoms with Gasteiger partial charge in [0.05, 0.1) is 0 Å². The normalized spacial score (nSPS) is 8.25. The zero-order chi connectivity index (χ0) is 7.72. The zero-order valence-electron chi connectivity index (χ0n) is 6.08. The van der Waals surface area contributed by atoms with Crippen molar-refractivity contribution < 1.29 is 30.2 Å². The number of halogens is 4. The van der Waals surface area contributed by atoms with Gasteiger partial charge in [0.15, 0.2) is 5.82 Å². The summed E-state index contributed by atoms with van der Waals surface area (Å²) >= 11 is 0. The predicted molar refractivity (Wildman–Crippen MR) is 36.5 cm³/mol. The molecule has 0 bridgehead atoms. The van der Waals surface area contributed by atoms with Crippen LogP contribution in [0.25, 0.3) is 0 Å². The monoisotopic (exact) mass is 248 g/mol. The summed E-state index contributed by atoms with van der Waals surface area (Å²) in [7, 11) is 0. The summed E-state index contributed by atoms with van der Waals surface area (Å²) in [5.41, 5.74) is 0.122. The molecule has 1 aromatic rings. The van der Waals surface area contributed by atoms with Crippen molar-refractivity contribution in [3.05, 3.63) is 42.1 Å². The van der Waals surface area contributed by atoms with Crippen LogP contribution in [0.4, 0.5) is 13.2 Å². The van der Waals surface area contributed by atoms with Crippen molar-refractivity contribution >= 4 is 23.1 Å². The summed E-state index contributed by atoms with van der Waals surface area (Å²) in [5, 5.41) is 0. The first-order valence-electron chi connectivity index (χ1n) is 2.58. The molecule has 0 radical (unpaired) electrons. The van der Waals surface area contributed by atoms with Crippen LogP contribution in [0.15, 0.2) is 12.1 Å². The molecule has 0 aromatic heterocycles. The third-order valence-corrected chi connectivity index (χ3v) is 1.04. The number of benzene rings is 1. The van der Waals surface area contributed by atoms with Gasteiger partial charge in [-0.25, -0.2) is 13.2 Å². The van der Waals surface area contributed by atoms with Gasteiger partial charge in [0.1, 0.15) is 11.6 Å². The second-order valence-electron chi connectivity index (χ2n) is 1.87. The molecule has 0 unspecified atom stereocenters. The first kappa shape index (κ1) is 14.6. The molecule has 0 N–H and O–H groups in total. The van der Waals surface area contributed by atoms with Gasteiger partial charge < -0.3 is 17.0 Å². The van der Waals surface area contributed by atoms with E-state index in [2.05, 4.69) is 6.92 Å². The van der Waals surface area contributed by atoms with Crippen LogP contribution in [-0.4, -0.2) is 23.1 Å². The van der Waals surface area contributed by atoms with Crippen molar-refractivity contribution in [1.29, 1.82) is 0 Å². The van der Waals surface area contributed by atoms with E-state index >= 15 is 0 Å². The maximum absolute atomic E-state index is 12.2. The van der Waals surface area contributed by atoms with Gasteiger partial charge in [-0.15, -0.1) is 12.1 Å². The Labute approximate surface area is 95.1 Å². The van der Waals surface area contributed by atoms with Crippen LogP contribution < -0.4 is 17.0 Å². The molecule has 1 aromatic carbocycles. The van der Waals surface area contributed by atoms with E-state index in [0.29, 0.717) is 0 Å². The van der Waals surface area contributed by atoms with Crippen LogP contribution in [-0.2, 0) is 0 Å². The summed E-state index contributed by atoms with van der Waals surface area (Å²) in [6, 6.07) is 1.66. The molecule has 0 amide bonds. The third-order valence-electron chi connectivity index (χ3n) is 1.04. The van der Waals surface area contributed by atoms with Crippen LogP contribution >= 0.6 is 0 Å². The Morgan fingerprint density at radius 3 is 1.67 bits per heavy atom. The van der Waals surface area contributed by atoms with E-state index in [1.807, 2.05) is 0 Å². The molecule has 0 spiro atoms. The summed E-state index contributed by atoms with van der Waals surface area (Å²) in [6.07, 6.45) is 0. The molecule has 0 aliphatic heterocycles. The third kappa shape index (κ3) is 3.24. The minimum Gasteiger partial charge on any atom is -1.00 e. The maximum Gasteiger partial charge on any atom is 2.00 e. The first-order chi connectivity index (χ1) is 4.61. The quantitative estimate of drug-likeness (QED) is 0.311. The molecule has 0 aliphatic rings. The predicted octanol–water partition coefficient (Wildman–Crippen LogP) is -1.09. The average Bonchev–Trinajstić information content (AvgIpc) is 1.82. The Balaban J connectivity index is 0. The average molecular weight is 249 g/mol. The first-order valence-corrected chi connectivity index (χ1v) is 2.58. The summed E-state index contributed by atoms with van der Waals surface area (Å²) in [5.74, 6) is -3.86. The minimum absolute atomic E-state index is 0. The number of hydrogen-bond donors (Lipinski definition) is 0. The Bertz CT molecular complexity index is 242. The van der Waals surface area contributed by atoms with Gasteiger partial charge in [-0.3, -0.25) is 0 Å². The van der Waals surface area contributed by atoms with E-state index in [1.54, 1.807) is 0 Å². The molecule has 0 aliphatic carbocycles.